The number of thiazole rings is 1. The summed E-state index contributed by atoms with van der Waals surface area (Å²) in [6.07, 6.45) is 2.41. The molecule has 7 heteroatoms. The molecule has 0 atom stereocenters. The molecule has 2 aliphatic heterocycles. The zero-order valence-electron chi connectivity index (χ0n) is 16.5. The average molecular weight is 419 g/mol. The Bertz CT molecular complexity index is 1090. The number of rotatable bonds is 5. The van der Waals surface area contributed by atoms with Crippen LogP contribution in [0.1, 0.15) is 27.0 Å². The summed E-state index contributed by atoms with van der Waals surface area (Å²) in [6, 6.07) is 14.2. The van der Waals surface area contributed by atoms with Gasteiger partial charge in [-0.1, -0.05) is 36.4 Å². The molecule has 0 saturated carbocycles. The fourth-order valence-electron chi connectivity index (χ4n) is 3.95. The SMILES string of the molecule is O=C(Nc1nccs1)c1cccc2c1N=C(c1ccccc1CN1CCOCC1)C2. The first-order valence-electron chi connectivity index (χ1n) is 10.1. The second-order valence-corrected chi connectivity index (χ2v) is 8.28. The molecule has 3 heterocycles. The van der Waals surface area contributed by atoms with E-state index in [1.165, 1.54) is 16.9 Å². The molecule has 0 radical (unpaired) electrons. The van der Waals surface area contributed by atoms with Gasteiger partial charge in [0.15, 0.2) is 5.13 Å². The monoisotopic (exact) mass is 418 g/mol. The predicted octanol–water partition coefficient (Wildman–Crippen LogP) is 3.90. The summed E-state index contributed by atoms with van der Waals surface area (Å²) in [5.74, 6) is -0.173. The maximum Gasteiger partial charge on any atom is 0.259 e. The summed E-state index contributed by atoms with van der Waals surface area (Å²) in [7, 11) is 0. The number of fused-ring (bicyclic) bond motifs is 1. The Morgan fingerprint density at radius 1 is 1.13 bits per heavy atom. The number of aromatic nitrogens is 1. The Morgan fingerprint density at radius 3 is 2.83 bits per heavy atom. The summed E-state index contributed by atoms with van der Waals surface area (Å²) >= 11 is 1.40. The number of anilines is 1. The van der Waals surface area contributed by atoms with Crippen LogP contribution in [-0.2, 0) is 17.7 Å². The normalized spacial score (nSPS) is 16.2. The van der Waals surface area contributed by atoms with Crippen LogP contribution in [0.4, 0.5) is 10.8 Å². The first kappa shape index (κ1) is 19.1. The molecule has 30 heavy (non-hydrogen) atoms. The highest BCUT2D eigenvalue weighted by molar-refractivity contribution is 7.13. The molecule has 0 aliphatic carbocycles. The topological polar surface area (TPSA) is 66.8 Å². The number of para-hydroxylation sites is 1. The van der Waals surface area contributed by atoms with Crippen LogP contribution in [0.5, 0.6) is 0 Å². The minimum Gasteiger partial charge on any atom is -0.379 e. The van der Waals surface area contributed by atoms with Crippen molar-refractivity contribution in [2.45, 2.75) is 13.0 Å². The number of carbonyl (C=O) groups excluding carboxylic acids is 1. The van der Waals surface area contributed by atoms with Gasteiger partial charge in [-0.15, -0.1) is 11.3 Å². The number of hydrogen-bond acceptors (Lipinski definition) is 6. The largest absolute Gasteiger partial charge is 0.379 e. The summed E-state index contributed by atoms with van der Waals surface area (Å²) in [6.45, 7) is 4.34. The molecule has 3 aromatic rings. The molecular formula is C23H22N4O2S. The molecule has 0 bridgehead atoms. The third-order valence-corrected chi connectivity index (χ3v) is 6.14. The van der Waals surface area contributed by atoms with Crippen molar-refractivity contribution in [1.82, 2.24) is 9.88 Å². The van der Waals surface area contributed by atoms with Crippen LogP contribution in [0.3, 0.4) is 0 Å². The Hall–Kier alpha value is -2.87. The molecule has 1 amide bonds. The molecule has 5 rings (SSSR count). The quantitative estimate of drug-likeness (QED) is 0.682. The maximum atomic E-state index is 12.8. The van der Waals surface area contributed by atoms with E-state index in [-0.39, 0.29) is 5.91 Å². The van der Waals surface area contributed by atoms with E-state index in [1.54, 1.807) is 6.20 Å². The van der Waals surface area contributed by atoms with Gasteiger partial charge in [-0.25, -0.2) is 4.98 Å². The molecule has 1 saturated heterocycles. The first-order valence-corrected chi connectivity index (χ1v) is 10.9. The highest BCUT2D eigenvalue weighted by Crippen LogP contribution is 2.34. The number of ether oxygens (including phenoxy) is 1. The minimum absolute atomic E-state index is 0.173. The van der Waals surface area contributed by atoms with E-state index in [1.807, 2.05) is 17.5 Å². The molecular weight excluding hydrogens is 396 g/mol. The van der Waals surface area contributed by atoms with Gasteiger partial charge >= 0.3 is 0 Å². The van der Waals surface area contributed by atoms with Crippen molar-refractivity contribution in [1.29, 1.82) is 0 Å². The number of nitrogens with zero attached hydrogens (tertiary/aromatic N) is 3. The van der Waals surface area contributed by atoms with Crippen LogP contribution < -0.4 is 5.32 Å². The van der Waals surface area contributed by atoms with Crippen molar-refractivity contribution < 1.29 is 9.53 Å². The maximum absolute atomic E-state index is 12.8. The Morgan fingerprint density at radius 2 is 2.00 bits per heavy atom. The lowest BCUT2D eigenvalue weighted by molar-refractivity contribution is 0.0341. The third-order valence-electron chi connectivity index (χ3n) is 5.45. The van der Waals surface area contributed by atoms with Crippen molar-refractivity contribution in [3.63, 3.8) is 0 Å². The molecule has 1 N–H and O–H groups in total. The number of amides is 1. The predicted molar refractivity (Wildman–Crippen MR) is 119 cm³/mol. The standard InChI is InChI=1S/C23H22N4O2S/c28-22(26-23-24-8-13-30-23)19-7-3-5-16-14-20(25-21(16)19)18-6-2-1-4-17(18)15-27-9-11-29-12-10-27/h1-8,13H,9-12,14-15H2,(H,24,26,28). The van der Waals surface area contributed by atoms with Crippen LogP contribution >= 0.6 is 11.3 Å². The number of morpholine rings is 1. The molecule has 2 aromatic carbocycles. The Kier molecular flexibility index (Phi) is 5.40. The van der Waals surface area contributed by atoms with Crippen molar-refractivity contribution in [3.05, 3.63) is 76.3 Å². The number of hydrogen-bond donors (Lipinski definition) is 1. The van der Waals surface area contributed by atoms with Crippen LogP contribution in [0.2, 0.25) is 0 Å². The second-order valence-electron chi connectivity index (χ2n) is 7.39. The van der Waals surface area contributed by atoms with Crippen LogP contribution in [0, 0.1) is 0 Å². The van der Waals surface area contributed by atoms with E-state index in [0.717, 1.165) is 61.8 Å². The zero-order valence-corrected chi connectivity index (χ0v) is 17.3. The minimum atomic E-state index is -0.173. The van der Waals surface area contributed by atoms with Crippen LogP contribution in [0.25, 0.3) is 0 Å². The van der Waals surface area contributed by atoms with E-state index >= 15 is 0 Å². The molecule has 152 valence electrons. The number of benzene rings is 2. The number of carbonyl (C=O) groups is 1. The second kappa shape index (κ2) is 8.47. The molecule has 0 unspecified atom stereocenters. The van der Waals surface area contributed by atoms with Crippen LogP contribution in [-0.4, -0.2) is 47.8 Å². The first-order chi connectivity index (χ1) is 14.8. The summed E-state index contributed by atoms with van der Waals surface area (Å²) in [4.78, 5) is 24.3. The fraction of sp³-hybridized carbons (Fsp3) is 0.261. The smallest absolute Gasteiger partial charge is 0.259 e. The van der Waals surface area contributed by atoms with Gasteiger partial charge in [0.25, 0.3) is 5.91 Å². The van der Waals surface area contributed by atoms with Gasteiger partial charge in [0.2, 0.25) is 0 Å². The highest BCUT2D eigenvalue weighted by atomic mass is 32.1. The van der Waals surface area contributed by atoms with E-state index in [9.17, 15) is 4.79 Å². The van der Waals surface area contributed by atoms with Gasteiger partial charge in [-0.3, -0.25) is 20.0 Å². The van der Waals surface area contributed by atoms with Crippen molar-refractivity contribution in [2.24, 2.45) is 4.99 Å². The summed E-state index contributed by atoms with van der Waals surface area (Å²) < 4.78 is 5.48. The molecule has 0 spiro atoms. The van der Waals surface area contributed by atoms with Gasteiger partial charge in [-0.05, 0) is 17.2 Å². The van der Waals surface area contributed by atoms with Gasteiger partial charge < -0.3 is 4.74 Å². The van der Waals surface area contributed by atoms with Gasteiger partial charge in [0, 0.05) is 43.2 Å². The number of aliphatic imine (C=N–C) groups is 1. The average Bonchev–Trinajstić information content (AvgIpc) is 3.44. The van der Waals surface area contributed by atoms with E-state index in [2.05, 4.69) is 45.5 Å². The zero-order chi connectivity index (χ0) is 20.3. The lowest BCUT2D eigenvalue weighted by atomic mass is 9.98. The van der Waals surface area contributed by atoms with Gasteiger partial charge in [0.05, 0.1) is 30.2 Å². The van der Waals surface area contributed by atoms with Gasteiger partial charge in [0.1, 0.15) is 0 Å². The molecule has 1 fully saturated rings. The van der Waals surface area contributed by atoms with Crippen LogP contribution in [0.15, 0.2) is 59.0 Å². The fourth-order valence-corrected chi connectivity index (χ4v) is 4.47. The molecule has 2 aliphatic rings. The van der Waals surface area contributed by atoms with Crippen molar-refractivity contribution in [3.8, 4) is 0 Å². The lowest BCUT2D eigenvalue weighted by Crippen LogP contribution is -2.36. The Labute approximate surface area is 179 Å². The summed E-state index contributed by atoms with van der Waals surface area (Å²) in [5, 5.41) is 5.30. The van der Waals surface area contributed by atoms with Crippen molar-refractivity contribution in [2.75, 3.05) is 31.6 Å². The van der Waals surface area contributed by atoms with Gasteiger partial charge in [-0.2, -0.15) is 0 Å². The lowest BCUT2D eigenvalue weighted by Gasteiger charge is -2.27. The summed E-state index contributed by atoms with van der Waals surface area (Å²) in [5.41, 5.74) is 5.87. The number of nitrogens with one attached hydrogen (secondary N) is 1. The van der Waals surface area contributed by atoms with E-state index in [0.29, 0.717) is 10.7 Å². The molecule has 6 nitrogen and oxygen atoms in total. The van der Waals surface area contributed by atoms with E-state index < -0.39 is 0 Å². The third kappa shape index (κ3) is 3.92. The van der Waals surface area contributed by atoms with Crippen molar-refractivity contribution >= 4 is 33.8 Å². The molecule has 1 aromatic heterocycles. The van der Waals surface area contributed by atoms with E-state index in [4.69, 9.17) is 9.73 Å². The Balaban J connectivity index is 1.43. The highest BCUT2D eigenvalue weighted by Gasteiger charge is 2.24.